The van der Waals surface area contributed by atoms with E-state index in [1.165, 1.54) is 21.9 Å². The molecule has 120 valence electrons. The third kappa shape index (κ3) is 4.78. The van der Waals surface area contributed by atoms with Crippen LogP contribution in [0.15, 0.2) is 97.6 Å². The summed E-state index contributed by atoms with van der Waals surface area (Å²) in [6.45, 7) is 3.82. The molecule has 0 aliphatic rings. The average molecular weight is 349 g/mol. The molecule has 0 saturated carbocycles. The van der Waals surface area contributed by atoms with Crippen LogP contribution >= 0.6 is 17.5 Å². The van der Waals surface area contributed by atoms with Crippen LogP contribution in [0.5, 0.6) is 0 Å². The largest absolute Gasteiger partial charge is 0.326 e. The molecule has 2 unspecified atom stereocenters. The SMILES string of the molecule is C=CCc1ccc(N(Pc2ccccc2)Pc2ccccc2)cc1. The molecule has 0 amide bonds. The van der Waals surface area contributed by atoms with Gasteiger partial charge in [-0.25, -0.2) is 0 Å². The summed E-state index contributed by atoms with van der Waals surface area (Å²) in [4.78, 5) is 0. The van der Waals surface area contributed by atoms with E-state index in [2.05, 4.69) is 95.9 Å². The molecule has 0 bridgehead atoms. The van der Waals surface area contributed by atoms with Crippen LogP contribution in [0, 0.1) is 0 Å². The van der Waals surface area contributed by atoms with Crippen molar-refractivity contribution in [3.63, 3.8) is 0 Å². The van der Waals surface area contributed by atoms with Crippen LogP contribution in [-0.4, -0.2) is 0 Å². The Hall–Kier alpha value is -1.94. The van der Waals surface area contributed by atoms with E-state index in [-0.39, 0.29) is 0 Å². The Labute approximate surface area is 148 Å². The first-order valence-electron chi connectivity index (χ1n) is 7.98. The second kappa shape index (κ2) is 8.78. The number of allylic oxidation sites excluding steroid dienone is 1. The average Bonchev–Trinajstić information content (AvgIpc) is 2.64. The van der Waals surface area contributed by atoms with Gasteiger partial charge >= 0.3 is 0 Å². The third-order valence-corrected chi connectivity index (χ3v) is 6.42. The fraction of sp³-hybridized carbons (Fsp3) is 0.0476. The Kier molecular flexibility index (Phi) is 6.19. The van der Waals surface area contributed by atoms with E-state index in [0.717, 1.165) is 6.42 Å². The number of nitrogens with zero attached hydrogens (tertiary/aromatic N) is 1. The highest BCUT2D eigenvalue weighted by Gasteiger charge is 2.09. The maximum absolute atomic E-state index is 3.82. The zero-order valence-corrected chi connectivity index (χ0v) is 15.5. The van der Waals surface area contributed by atoms with Crippen LogP contribution in [-0.2, 0) is 6.42 Å². The van der Waals surface area contributed by atoms with Crippen molar-refractivity contribution in [3.8, 4) is 0 Å². The van der Waals surface area contributed by atoms with Crippen LogP contribution in [0.3, 0.4) is 0 Å². The summed E-state index contributed by atoms with van der Waals surface area (Å²) < 4.78 is 2.47. The summed E-state index contributed by atoms with van der Waals surface area (Å²) in [5.41, 5.74) is 2.58. The summed E-state index contributed by atoms with van der Waals surface area (Å²) in [6.07, 6.45) is 2.87. The second-order valence-electron chi connectivity index (χ2n) is 5.45. The van der Waals surface area contributed by atoms with E-state index in [1.807, 2.05) is 6.08 Å². The molecule has 3 rings (SSSR count). The molecule has 3 aromatic carbocycles. The first-order chi connectivity index (χ1) is 11.8. The number of hydrogen-bond acceptors (Lipinski definition) is 1. The zero-order valence-electron chi connectivity index (χ0n) is 13.5. The molecular formula is C21H21NP2. The van der Waals surface area contributed by atoms with Gasteiger partial charge in [0.2, 0.25) is 0 Å². The van der Waals surface area contributed by atoms with Crippen molar-refractivity contribution in [2.24, 2.45) is 0 Å². The van der Waals surface area contributed by atoms with Crippen molar-refractivity contribution in [1.82, 2.24) is 0 Å². The van der Waals surface area contributed by atoms with Crippen LogP contribution < -0.4 is 15.1 Å². The lowest BCUT2D eigenvalue weighted by molar-refractivity contribution is 1.28. The number of anilines is 1. The minimum Gasteiger partial charge on any atom is -0.326 e. The fourth-order valence-corrected chi connectivity index (χ4v) is 5.14. The molecule has 0 aliphatic heterocycles. The summed E-state index contributed by atoms with van der Waals surface area (Å²) in [5.74, 6) is 0. The molecule has 1 nitrogen and oxygen atoms in total. The lowest BCUT2D eigenvalue weighted by Crippen LogP contribution is -2.11. The predicted molar refractivity (Wildman–Crippen MR) is 112 cm³/mol. The quantitative estimate of drug-likeness (QED) is 0.426. The van der Waals surface area contributed by atoms with Crippen molar-refractivity contribution in [1.29, 1.82) is 0 Å². The number of rotatable bonds is 7. The van der Waals surface area contributed by atoms with E-state index in [0.29, 0.717) is 17.5 Å². The molecule has 3 heteroatoms. The van der Waals surface area contributed by atoms with Gasteiger partial charge in [-0.1, -0.05) is 78.9 Å². The van der Waals surface area contributed by atoms with E-state index >= 15 is 0 Å². The smallest absolute Gasteiger partial charge is 0.0435 e. The molecule has 0 aliphatic carbocycles. The molecule has 3 aromatic rings. The predicted octanol–water partition coefficient (Wildman–Crippen LogP) is 5.06. The third-order valence-electron chi connectivity index (χ3n) is 3.60. The van der Waals surface area contributed by atoms with Gasteiger partial charge in [0.1, 0.15) is 0 Å². The van der Waals surface area contributed by atoms with Gasteiger partial charge < -0.3 is 4.44 Å². The van der Waals surface area contributed by atoms with Crippen molar-refractivity contribution < 1.29 is 0 Å². The van der Waals surface area contributed by atoms with E-state index in [1.54, 1.807) is 0 Å². The highest BCUT2D eigenvalue weighted by Crippen LogP contribution is 2.37. The molecule has 0 aromatic heterocycles. The molecule has 0 heterocycles. The molecule has 0 spiro atoms. The van der Waals surface area contributed by atoms with Gasteiger partial charge in [0, 0.05) is 23.2 Å². The van der Waals surface area contributed by atoms with Crippen LogP contribution in [0.4, 0.5) is 5.69 Å². The Balaban J connectivity index is 1.84. The van der Waals surface area contributed by atoms with Gasteiger partial charge in [0.05, 0.1) is 0 Å². The molecule has 24 heavy (non-hydrogen) atoms. The molecular weight excluding hydrogens is 328 g/mol. The van der Waals surface area contributed by atoms with Gasteiger partial charge in [-0.2, -0.15) is 0 Å². The van der Waals surface area contributed by atoms with Crippen LogP contribution in [0.1, 0.15) is 5.56 Å². The van der Waals surface area contributed by atoms with Crippen molar-refractivity contribution >= 4 is 33.8 Å². The fourth-order valence-electron chi connectivity index (χ4n) is 2.39. The Morgan fingerprint density at radius 2 is 1.21 bits per heavy atom. The van der Waals surface area contributed by atoms with Gasteiger partial charge in [-0.15, -0.1) is 6.58 Å². The maximum Gasteiger partial charge on any atom is 0.0435 e. The normalized spacial score (nSPS) is 11.3. The Morgan fingerprint density at radius 3 is 1.67 bits per heavy atom. The van der Waals surface area contributed by atoms with E-state index < -0.39 is 0 Å². The summed E-state index contributed by atoms with van der Waals surface area (Å²) in [7, 11) is 1.24. The number of benzene rings is 3. The highest BCUT2D eigenvalue weighted by molar-refractivity contribution is 7.67. The van der Waals surface area contributed by atoms with Crippen molar-refractivity contribution in [3.05, 3.63) is 103 Å². The van der Waals surface area contributed by atoms with Gasteiger partial charge in [0.15, 0.2) is 0 Å². The summed E-state index contributed by atoms with van der Waals surface area (Å²) in [6, 6.07) is 30.3. The molecule has 0 saturated heterocycles. The minimum absolute atomic E-state index is 0.622. The Bertz CT molecular complexity index is 713. The molecule has 0 fully saturated rings. The number of hydrogen-bond donors (Lipinski definition) is 0. The minimum atomic E-state index is 0.622. The standard InChI is InChI=1S/C21H21NP2/c1-2-9-18-14-16-19(17-15-18)22(23-20-10-5-3-6-11-20)24-21-12-7-4-8-13-21/h2-8,10-17,23-24H,1,9H2. The zero-order chi connectivity index (χ0) is 16.6. The Morgan fingerprint density at radius 1 is 0.708 bits per heavy atom. The van der Waals surface area contributed by atoms with Crippen molar-refractivity contribution in [2.75, 3.05) is 4.44 Å². The highest BCUT2D eigenvalue weighted by atomic mass is 31.1. The van der Waals surface area contributed by atoms with Crippen molar-refractivity contribution in [2.45, 2.75) is 6.42 Å². The van der Waals surface area contributed by atoms with Crippen LogP contribution in [0.2, 0.25) is 0 Å². The van der Waals surface area contributed by atoms with E-state index in [4.69, 9.17) is 0 Å². The molecule has 0 N–H and O–H groups in total. The first kappa shape index (κ1) is 16.9. The second-order valence-corrected chi connectivity index (χ2v) is 8.39. The molecule has 2 atom stereocenters. The maximum atomic E-state index is 3.82. The van der Waals surface area contributed by atoms with Gasteiger partial charge in [-0.05, 0) is 34.7 Å². The lowest BCUT2D eigenvalue weighted by atomic mass is 10.1. The monoisotopic (exact) mass is 349 g/mol. The summed E-state index contributed by atoms with van der Waals surface area (Å²) >= 11 is 0. The summed E-state index contributed by atoms with van der Waals surface area (Å²) in [5, 5.41) is 2.71. The van der Waals surface area contributed by atoms with Gasteiger partial charge in [0.25, 0.3) is 0 Å². The van der Waals surface area contributed by atoms with E-state index in [9.17, 15) is 0 Å². The van der Waals surface area contributed by atoms with Gasteiger partial charge in [-0.3, -0.25) is 0 Å². The van der Waals surface area contributed by atoms with Crippen LogP contribution in [0.25, 0.3) is 0 Å². The topological polar surface area (TPSA) is 3.24 Å². The molecule has 0 radical (unpaired) electrons. The lowest BCUT2D eigenvalue weighted by Gasteiger charge is -2.25. The first-order valence-corrected chi connectivity index (χ1v) is 9.88.